The SMILES string of the molecule is CC(C(=O)OCCNC(=O)c1ccc[n+](C)c1)c1ccc(C(=O)c2ccccc2)cc1.[I-]. The highest BCUT2D eigenvalue weighted by atomic mass is 127. The van der Waals surface area contributed by atoms with Crippen LogP contribution >= 0.6 is 0 Å². The molecule has 1 unspecified atom stereocenters. The van der Waals surface area contributed by atoms with Crippen molar-refractivity contribution in [1.29, 1.82) is 0 Å². The lowest BCUT2D eigenvalue weighted by molar-refractivity contribution is -0.671. The van der Waals surface area contributed by atoms with Crippen LogP contribution in [0.2, 0.25) is 0 Å². The Morgan fingerprint density at radius 2 is 1.53 bits per heavy atom. The van der Waals surface area contributed by atoms with Gasteiger partial charge in [0, 0.05) is 17.2 Å². The first kappa shape index (κ1) is 25.2. The third kappa shape index (κ3) is 6.71. The molecule has 1 atom stereocenters. The molecule has 0 saturated carbocycles. The number of carbonyl (C=O) groups excluding carboxylic acids is 3. The Morgan fingerprint density at radius 3 is 2.19 bits per heavy atom. The lowest BCUT2D eigenvalue weighted by Gasteiger charge is -2.13. The summed E-state index contributed by atoms with van der Waals surface area (Å²) in [5.41, 5.74) is 2.48. The van der Waals surface area contributed by atoms with E-state index in [0.29, 0.717) is 16.7 Å². The molecule has 7 heteroatoms. The van der Waals surface area contributed by atoms with Gasteiger partial charge in [0.05, 0.1) is 12.5 Å². The molecule has 2 aromatic carbocycles. The number of pyridine rings is 1. The standard InChI is InChI=1S/C25H24N2O4.HI/c1-18(19-10-12-21(13-11-19)23(28)20-7-4-3-5-8-20)25(30)31-16-14-26-24(29)22-9-6-15-27(2)17-22;/h3-13,15,17-18H,14,16H2,1-2H3;1H. The summed E-state index contributed by atoms with van der Waals surface area (Å²) in [4.78, 5) is 36.9. The van der Waals surface area contributed by atoms with E-state index in [9.17, 15) is 14.4 Å². The molecular weight excluding hydrogens is 519 g/mol. The number of aromatic nitrogens is 1. The van der Waals surface area contributed by atoms with Crippen LogP contribution in [0.3, 0.4) is 0 Å². The van der Waals surface area contributed by atoms with Gasteiger partial charge in [-0.05, 0) is 18.6 Å². The zero-order valence-electron chi connectivity index (χ0n) is 18.0. The Kier molecular flexibility index (Phi) is 9.52. The second-order valence-corrected chi connectivity index (χ2v) is 7.22. The average molecular weight is 544 g/mol. The fraction of sp³-hybridized carbons (Fsp3) is 0.200. The number of carbonyl (C=O) groups is 3. The summed E-state index contributed by atoms with van der Waals surface area (Å²) >= 11 is 0. The molecule has 1 aromatic heterocycles. The second-order valence-electron chi connectivity index (χ2n) is 7.22. The predicted molar refractivity (Wildman–Crippen MR) is 116 cm³/mol. The molecule has 1 amide bonds. The monoisotopic (exact) mass is 544 g/mol. The van der Waals surface area contributed by atoms with E-state index in [2.05, 4.69) is 5.32 Å². The first-order valence-electron chi connectivity index (χ1n) is 10.1. The van der Waals surface area contributed by atoms with Crippen molar-refractivity contribution in [2.75, 3.05) is 13.2 Å². The highest BCUT2D eigenvalue weighted by Crippen LogP contribution is 2.19. The summed E-state index contributed by atoms with van der Waals surface area (Å²) in [6.07, 6.45) is 3.56. The number of esters is 1. The smallest absolute Gasteiger partial charge is 0.313 e. The van der Waals surface area contributed by atoms with Gasteiger partial charge in [0.25, 0.3) is 5.91 Å². The molecule has 6 nitrogen and oxygen atoms in total. The maximum Gasteiger partial charge on any atom is 0.313 e. The lowest BCUT2D eigenvalue weighted by Crippen LogP contribution is -3.00. The molecule has 0 spiro atoms. The number of hydrogen-bond donors (Lipinski definition) is 1. The Hall–Kier alpha value is -3.07. The molecule has 3 rings (SSSR count). The number of hydrogen-bond acceptors (Lipinski definition) is 4. The summed E-state index contributed by atoms with van der Waals surface area (Å²) < 4.78 is 7.08. The van der Waals surface area contributed by atoms with Crippen LogP contribution in [-0.4, -0.2) is 30.8 Å². The first-order chi connectivity index (χ1) is 15.0. The summed E-state index contributed by atoms with van der Waals surface area (Å²) in [5, 5.41) is 2.73. The van der Waals surface area contributed by atoms with Crippen LogP contribution in [0, 0.1) is 0 Å². The maximum absolute atomic E-state index is 12.5. The molecular formula is C25H25IN2O4. The second kappa shape index (κ2) is 12.1. The molecule has 32 heavy (non-hydrogen) atoms. The average Bonchev–Trinajstić information content (AvgIpc) is 2.81. The van der Waals surface area contributed by atoms with Crippen molar-refractivity contribution in [2.45, 2.75) is 12.8 Å². The van der Waals surface area contributed by atoms with E-state index in [-0.39, 0.29) is 54.8 Å². The minimum absolute atomic E-state index is 0. The fourth-order valence-corrected chi connectivity index (χ4v) is 3.08. The maximum atomic E-state index is 12.5. The van der Waals surface area contributed by atoms with E-state index in [1.165, 1.54) is 0 Å². The van der Waals surface area contributed by atoms with Crippen LogP contribution in [0.1, 0.15) is 44.7 Å². The van der Waals surface area contributed by atoms with Crippen molar-refractivity contribution in [3.8, 4) is 0 Å². The van der Waals surface area contributed by atoms with Crippen molar-refractivity contribution >= 4 is 17.7 Å². The van der Waals surface area contributed by atoms with Gasteiger partial charge in [0.15, 0.2) is 18.2 Å². The third-order valence-corrected chi connectivity index (χ3v) is 4.90. The van der Waals surface area contributed by atoms with Crippen molar-refractivity contribution < 1.29 is 47.7 Å². The van der Waals surface area contributed by atoms with Crippen LogP contribution in [0.15, 0.2) is 79.1 Å². The number of ketones is 1. The van der Waals surface area contributed by atoms with Gasteiger partial charge in [-0.25, -0.2) is 4.57 Å². The summed E-state index contributed by atoms with van der Waals surface area (Å²) in [6.45, 7) is 2.05. The number of halogens is 1. The molecule has 1 heterocycles. The summed E-state index contributed by atoms with van der Waals surface area (Å²) in [5.74, 6) is -1.16. The third-order valence-electron chi connectivity index (χ3n) is 4.90. The van der Waals surface area contributed by atoms with E-state index in [1.54, 1.807) is 66.2 Å². The number of amides is 1. The topological polar surface area (TPSA) is 76.3 Å². The molecule has 0 radical (unpaired) electrons. The fourth-order valence-electron chi connectivity index (χ4n) is 3.08. The van der Waals surface area contributed by atoms with Crippen molar-refractivity contribution in [2.24, 2.45) is 7.05 Å². The van der Waals surface area contributed by atoms with Gasteiger partial charge in [-0.3, -0.25) is 14.4 Å². The van der Waals surface area contributed by atoms with Crippen LogP contribution in [-0.2, 0) is 16.6 Å². The molecule has 0 bridgehead atoms. The van der Waals surface area contributed by atoms with Crippen LogP contribution in [0.4, 0.5) is 0 Å². The van der Waals surface area contributed by atoms with E-state index in [0.717, 1.165) is 5.56 Å². The Labute approximate surface area is 204 Å². The van der Waals surface area contributed by atoms with E-state index in [4.69, 9.17) is 4.74 Å². The van der Waals surface area contributed by atoms with Gasteiger partial charge in [0.1, 0.15) is 19.2 Å². The van der Waals surface area contributed by atoms with Gasteiger partial charge in [-0.2, -0.15) is 0 Å². The number of benzene rings is 2. The normalized spacial score (nSPS) is 11.1. The van der Waals surface area contributed by atoms with Crippen molar-refractivity contribution in [1.82, 2.24) is 5.32 Å². The molecule has 1 N–H and O–H groups in total. The van der Waals surface area contributed by atoms with Gasteiger partial charge in [-0.15, -0.1) is 0 Å². The molecule has 0 aliphatic heterocycles. The Balaban J connectivity index is 0.00000363. The Bertz CT molecular complexity index is 1070. The van der Waals surface area contributed by atoms with Gasteiger partial charge >= 0.3 is 5.97 Å². The van der Waals surface area contributed by atoms with Gasteiger partial charge < -0.3 is 34.0 Å². The zero-order valence-corrected chi connectivity index (χ0v) is 20.1. The number of ether oxygens (including phenoxy) is 1. The lowest BCUT2D eigenvalue weighted by atomic mass is 9.97. The van der Waals surface area contributed by atoms with Crippen molar-refractivity contribution in [3.63, 3.8) is 0 Å². The largest absolute Gasteiger partial charge is 1.00 e. The first-order valence-corrected chi connectivity index (χ1v) is 10.1. The molecule has 3 aromatic rings. The highest BCUT2D eigenvalue weighted by molar-refractivity contribution is 6.09. The van der Waals surface area contributed by atoms with Crippen molar-refractivity contribution in [3.05, 3.63) is 101 Å². The Morgan fingerprint density at radius 1 is 0.906 bits per heavy atom. The zero-order chi connectivity index (χ0) is 22.2. The summed E-state index contributed by atoms with van der Waals surface area (Å²) in [7, 11) is 1.84. The summed E-state index contributed by atoms with van der Waals surface area (Å²) in [6, 6.07) is 19.5. The molecule has 0 aliphatic carbocycles. The van der Waals surface area contributed by atoms with E-state index >= 15 is 0 Å². The number of aryl methyl sites for hydroxylation is 1. The molecule has 0 aliphatic rings. The number of nitrogens with one attached hydrogen (secondary N) is 1. The quantitative estimate of drug-likeness (QED) is 0.141. The molecule has 166 valence electrons. The molecule has 0 saturated heterocycles. The van der Waals surface area contributed by atoms with Crippen LogP contribution < -0.4 is 33.9 Å². The van der Waals surface area contributed by atoms with Gasteiger partial charge in [-0.1, -0.05) is 54.6 Å². The van der Waals surface area contributed by atoms with Gasteiger partial charge in [0.2, 0.25) is 0 Å². The van der Waals surface area contributed by atoms with E-state index in [1.807, 2.05) is 31.4 Å². The highest BCUT2D eigenvalue weighted by Gasteiger charge is 2.18. The number of nitrogens with zero attached hydrogens (tertiary/aromatic N) is 1. The van der Waals surface area contributed by atoms with Crippen LogP contribution in [0.25, 0.3) is 0 Å². The predicted octanol–water partition coefficient (Wildman–Crippen LogP) is -0.177. The molecule has 0 fully saturated rings. The van der Waals surface area contributed by atoms with Crippen LogP contribution in [0.5, 0.6) is 0 Å². The number of rotatable bonds is 8. The minimum Gasteiger partial charge on any atom is -1.00 e. The van der Waals surface area contributed by atoms with E-state index < -0.39 is 5.92 Å². The minimum atomic E-state index is -0.482.